The minimum atomic E-state index is -0.0746. The lowest BCUT2D eigenvalue weighted by Crippen LogP contribution is -2.52. The van der Waals surface area contributed by atoms with E-state index < -0.39 is 0 Å². The summed E-state index contributed by atoms with van der Waals surface area (Å²) in [5.74, 6) is 0.0564. The van der Waals surface area contributed by atoms with E-state index in [0.29, 0.717) is 12.8 Å². The minimum absolute atomic E-state index is 0.0564. The maximum Gasteiger partial charge on any atom is 0.234 e. The predicted octanol–water partition coefficient (Wildman–Crippen LogP) is 0.745. The smallest absolute Gasteiger partial charge is 0.234 e. The third-order valence-electron chi connectivity index (χ3n) is 3.70. The molecule has 1 heterocycles. The van der Waals surface area contributed by atoms with Crippen molar-refractivity contribution in [2.45, 2.75) is 18.9 Å². The van der Waals surface area contributed by atoms with Crippen LogP contribution in [-0.2, 0) is 4.79 Å². The Morgan fingerprint density at radius 2 is 1.90 bits per heavy atom. The molecular weight excluding hydrogens is 252 g/mol. The molecule has 0 spiro atoms. The van der Waals surface area contributed by atoms with E-state index in [4.69, 9.17) is 5.73 Å². The summed E-state index contributed by atoms with van der Waals surface area (Å²) < 4.78 is 0. The van der Waals surface area contributed by atoms with Crippen molar-refractivity contribution >= 4 is 5.91 Å². The van der Waals surface area contributed by atoms with Gasteiger partial charge in [0.2, 0.25) is 5.91 Å². The highest BCUT2D eigenvalue weighted by atomic mass is 16.2. The van der Waals surface area contributed by atoms with Gasteiger partial charge in [0.1, 0.15) is 0 Å². The number of carbonyl (C=O) groups excluding carboxylic acids is 1. The normalized spacial score (nSPS) is 18.7. The Morgan fingerprint density at radius 1 is 1.25 bits per heavy atom. The van der Waals surface area contributed by atoms with Crippen molar-refractivity contribution in [3.63, 3.8) is 0 Å². The van der Waals surface area contributed by atoms with Gasteiger partial charge < -0.3 is 10.6 Å². The molecule has 1 aliphatic heterocycles. The van der Waals surface area contributed by atoms with Crippen LogP contribution in [0.3, 0.4) is 0 Å². The molecule has 5 heteroatoms. The lowest BCUT2D eigenvalue weighted by atomic mass is 10.0. The number of amides is 1. The summed E-state index contributed by atoms with van der Waals surface area (Å²) in [5, 5.41) is 2.00. The molecule has 0 bridgehead atoms. The molecule has 3 N–H and O–H groups in total. The maximum absolute atomic E-state index is 11.9. The fourth-order valence-corrected chi connectivity index (χ4v) is 2.30. The molecule has 1 aromatic rings. The molecule has 1 fully saturated rings. The van der Waals surface area contributed by atoms with Gasteiger partial charge in [0.05, 0.1) is 0 Å². The number of nitrogens with two attached hydrogens (primary N) is 1. The first-order valence-electron chi connectivity index (χ1n) is 7.18. The summed E-state index contributed by atoms with van der Waals surface area (Å²) in [6.07, 6.45) is 1.13. The number of piperazine rings is 1. The van der Waals surface area contributed by atoms with E-state index in [-0.39, 0.29) is 11.9 Å². The topological polar surface area (TPSA) is 61.6 Å². The van der Waals surface area contributed by atoms with Crippen LogP contribution in [0.15, 0.2) is 30.3 Å². The van der Waals surface area contributed by atoms with Crippen LogP contribution in [0.1, 0.15) is 24.4 Å². The first-order chi connectivity index (χ1) is 9.65. The molecule has 1 saturated heterocycles. The molecule has 1 atom stereocenters. The number of rotatable bonds is 5. The van der Waals surface area contributed by atoms with Gasteiger partial charge in [0.15, 0.2) is 0 Å². The summed E-state index contributed by atoms with van der Waals surface area (Å²) in [6.45, 7) is 3.74. The molecule has 1 aliphatic rings. The van der Waals surface area contributed by atoms with Crippen molar-refractivity contribution in [1.82, 2.24) is 15.3 Å². The zero-order valence-electron chi connectivity index (χ0n) is 12.1. The largest absolute Gasteiger partial charge is 0.324 e. The average Bonchev–Trinajstić information content (AvgIpc) is 2.48. The van der Waals surface area contributed by atoms with E-state index in [9.17, 15) is 4.79 Å². The lowest BCUT2D eigenvalue weighted by molar-refractivity contribution is -0.126. The lowest BCUT2D eigenvalue weighted by Gasteiger charge is -2.32. The van der Waals surface area contributed by atoms with Crippen LogP contribution in [0.4, 0.5) is 0 Å². The van der Waals surface area contributed by atoms with Gasteiger partial charge in [-0.1, -0.05) is 30.3 Å². The molecule has 1 aromatic carbocycles. The van der Waals surface area contributed by atoms with Crippen molar-refractivity contribution in [3.05, 3.63) is 35.9 Å². The Bertz CT molecular complexity index is 415. The van der Waals surface area contributed by atoms with Crippen molar-refractivity contribution in [1.29, 1.82) is 0 Å². The van der Waals surface area contributed by atoms with Crippen molar-refractivity contribution in [2.24, 2.45) is 5.73 Å². The molecule has 0 aliphatic carbocycles. The minimum Gasteiger partial charge on any atom is -0.324 e. The molecule has 1 amide bonds. The Balaban J connectivity index is 1.70. The van der Waals surface area contributed by atoms with E-state index in [1.54, 1.807) is 0 Å². The molecule has 20 heavy (non-hydrogen) atoms. The zero-order valence-corrected chi connectivity index (χ0v) is 12.1. The third kappa shape index (κ3) is 4.59. The van der Waals surface area contributed by atoms with Gasteiger partial charge in [-0.25, -0.2) is 5.01 Å². The van der Waals surface area contributed by atoms with Crippen LogP contribution >= 0.6 is 0 Å². The summed E-state index contributed by atoms with van der Waals surface area (Å²) in [7, 11) is 2.10. The summed E-state index contributed by atoms with van der Waals surface area (Å²) >= 11 is 0. The second kappa shape index (κ2) is 7.38. The van der Waals surface area contributed by atoms with Crippen LogP contribution in [0.2, 0.25) is 0 Å². The molecular formula is C15H24N4O. The Hall–Kier alpha value is -1.43. The Labute approximate surface area is 120 Å². The third-order valence-corrected chi connectivity index (χ3v) is 3.70. The van der Waals surface area contributed by atoms with E-state index in [1.165, 1.54) is 0 Å². The van der Waals surface area contributed by atoms with Crippen molar-refractivity contribution < 1.29 is 4.79 Å². The van der Waals surface area contributed by atoms with E-state index in [0.717, 1.165) is 31.7 Å². The highest BCUT2D eigenvalue weighted by molar-refractivity contribution is 5.75. The second-order valence-corrected chi connectivity index (χ2v) is 5.38. The van der Waals surface area contributed by atoms with Gasteiger partial charge in [-0.15, -0.1) is 0 Å². The number of benzene rings is 1. The quantitative estimate of drug-likeness (QED) is 0.833. The van der Waals surface area contributed by atoms with Crippen LogP contribution in [0.5, 0.6) is 0 Å². The predicted molar refractivity (Wildman–Crippen MR) is 79.8 cm³/mol. The van der Waals surface area contributed by atoms with E-state index in [1.807, 2.05) is 35.3 Å². The SMILES string of the molecule is CN1CCN(NC(=O)CCC(N)c2ccccc2)CC1. The van der Waals surface area contributed by atoms with Crippen molar-refractivity contribution in [2.75, 3.05) is 33.2 Å². The molecule has 0 aromatic heterocycles. The highest BCUT2D eigenvalue weighted by Gasteiger charge is 2.16. The van der Waals surface area contributed by atoms with Gasteiger partial charge in [-0.2, -0.15) is 0 Å². The fraction of sp³-hybridized carbons (Fsp3) is 0.533. The van der Waals surface area contributed by atoms with Crippen LogP contribution in [0, 0.1) is 0 Å². The molecule has 110 valence electrons. The zero-order chi connectivity index (χ0) is 14.4. The van der Waals surface area contributed by atoms with E-state index in [2.05, 4.69) is 17.4 Å². The van der Waals surface area contributed by atoms with Gasteiger partial charge in [-0.05, 0) is 19.0 Å². The molecule has 5 nitrogen and oxygen atoms in total. The monoisotopic (exact) mass is 276 g/mol. The van der Waals surface area contributed by atoms with E-state index >= 15 is 0 Å². The highest BCUT2D eigenvalue weighted by Crippen LogP contribution is 2.14. The van der Waals surface area contributed by atoms with Crippen LogP contribution < -0.4 is 11.2 Å². The first kappa shape index (κ1) is 15.0. The summed E-state index contributed by atoms with van der Waals surface area (Å²) in [5.41, 5.74) is 10.1. The maximum atomic E-state index is 11.9. The molecule has 2 rings (SSSR count). The number of nitrogens with one attached hydrogen (secondary N) is 1. The van der Waals surface area contributed by atoms with Gasteiger partial charge >= 0.3 is 0 Å². The van der Waals surface area contributed by atoms with Crippen molar-refractivity contribution in [3.8, 4) is 0 Å². The van der Waals surface area contributed by atoms with Crippen LogP contribution in [0.25, 0.3) is 0 Å². The van der Waals surface area contributed by atoms with Gasteiger partial charge in [0.25, 0.3) is 0 Å². The number of carbonyl (C=O) groups is 1. The number of hydrazine groups is 1. The van der Waals surface area contributed by atoms with Crippen LogP contribution in [-0.4, -0.2) is 49.0 Å². The number of hydrogen-bond acceptors (Lipinski definition) is 4. The molecule has 0 saturated carbocycles. The fourth-order valence-electron chi connectivity index (χ4n) is 2.30. The first-order valence-corrected chi connectivity index (χ1v) is 7.18. The number of likely N-dealkylation sites (N-methyl/N-ethyl adjacent to an activating group) is 1. The Morgan fingerprint density at radius 3 is 2.55 bits per heavy atom. The number of nitrogens with zero attached hydrogens (tertiary/aromatic N) is 2. The second-order valence-electron chi connectivity index (χ2n) is 5.38. The number of hydrogen-bond donors (Lipinski definition) is 2. The standard InChI is InChI=1S/C15H24N4O/c1-18-9-11-19(12-10-18)17-15(20)8-7-14(16)13-5-3-2-4-6-13/h2-6,14H,7-12,16H2,1H3,(H,17,20). The summed E-state index contributed by atoms with van der Waals surface area (Å²) in [6, 6.07) is 9.84. The summed E-state index contributed by atoms with van der Waals surface area (Å²) in [4.78, 5) is 14.2. The molecule has 1 unspecified atom stereocenters. The average molecular weight is 276 g/mol. The van der Waals surface area contributed by atoms with Gasteiger partial charge in [-0.3, -0.25) is 10.2 Å². The Kier molecular flexibility index (Phi) is 5.52. The molecule has 0 radical (unpaired) electrons. The van der Waals surface area contributed by atoms with Gasteiger partial charge in [0, 0.05) is 38.6 Å².